The van der Waals surface area contributed by atoms with Crippen LogP contribution < -0.4 is 5.32 Å². The second-order valence-corrected chi connectivity index (χ2v) is 9.36. The zero-order chi connectivity index (χ0) is 24.8. The summed E-state index contributed by atoms with van der Waals surface area (Å²) in [6.45, 7) is 5.05. The maximum absolute atomic E-state index is 13.1. The fraction of sp³-hybridized carbons (Fsp3) is 0.538. The minimum absolute atomic E-state index is 0.0412. The highest BCUT2D eigenvalue weighted by Gasteiger charge is 2.31. The van der Waals surface area contributed by atoms with Gasteiger partial charge in [-0.1, -0.05) is 30.3 Å². The van der Waals surface area contributed by atoms with Crippen LogP contribution in [0.25, 0.3) is 0 Å². The number of nitrogens with one attached hydrogen (secondary N) is 1. The van der Waals surface area contributed by atoms with E-state index in [0.29, 0.717) is 51.5 Å². The molecule has 1 aromatic carbocycles. The van der Waals surface area contributed by atoms with Gasteiger partial charge in [-0.3, -0.25) is 19.1 Å². The fourth-order valence-electron chi connectivity index (χ4n) is 4.72. The van der Waals surface area contributed by atoms with Crippen molar-refractivity contribution in [3.8, 4) is 0 Å². The van der Waals surface area contributed by atoms with E-state index in [1.54, 1.807) is 14.5 Å². The number of amides is 3. The van der Waals surface area contributed by atoms with Gasteiger partial charge in [0.05, 0.1) is 13.2 Å². The van der Waals surface area contributed by atoms with Crippen molar-refractivity contribution in [3.63, 3.8) is 0 Å². The molecule has 35 heavy (non-hydrogen) atoms. The molecule has 0 bridgehead atoms. The fourth-order valence-corrected chi connectivity index (χ4v) is 4.72. The first-order valence-corrected chi connectivity index (χ1v) is 12.4. The van der Waals surface area contributed by atoms with Crippen LogP contribution in [0.5, 0.6) is 0 Å². The molecule has 1 aromatic heterocycles. The Kier molecular flexibility index (Phi) is 8.17. The Morgan fingerprint density at radius 3 is 2.54 bits per heavy atom. The molecule has 2 aromatic rings. The lowest BCUT2D eigenvalue weighted by atomic mass is 10.0. The smallest absolute Gasteiger partial charge is 0.274 e. The Labute approximate surface area is 206 Å². The van der Waals surface area contributed by atoms with Crippen LogP contribution >= 0.6 is 0 Å². The Balaban J connectivity index is 1.27. The van der Waals surface area contributed by atoms with E-state index in [4.69, 9.17) is 4.74 Å². The van der Waals surface area contributed by atoms with E-state index < -0.39 is 0 Å². The van der Waals surface area contributed by atoms with Gasteiger partial charge in [0.1, 0.15) is 0 Å². The third-order valence-corrected chi connectivity index (χ3v) is 6.78. The molecular weight excluding hydrogens is 446 g/mol. The van der Waals surface area contributed by atoms with Gasteiger partial charge in [-0.05, 0) is 25.3 Å². The maximum Gasteiger partial charge on any atom is 0.274 e. The van der Waals surface area contributed by atoms with Crippen LogP contribution in [-0.4, -0.2) is 76.2 Å². The lowest BCUT2D eigenvalue weighted by molar-refractivity contribution is -0.134. The SMILES string of the molecule is C[C@@H](CCc1ccccc1)NC(=O)CCC(=O)N1CCc2c(c(C(=O)N3CCOCC3)nn2C)C1. The molecule has 1 saturated heterocycles. The number of ether oxygens (including phenoxy) is 1. The second kappa shape index (κ2) is 11.5. The number of morpholine rings is 1. The van der Waals surface area contributed by atoms with Gasteiger partial charge in [0.15, 0.2) is 5.69 Å². The van der Waals surface area contributed by atoms with Gasteiger partial charge in [-0.25, -0.2) is 0 Å². The third kappa shape index (κ3) is 6.28. The number of aryl methyl sites for hydroxylation is 2. The summed E-state index contributed by atoms with van der Waals surface area (Å²) in [5, 5.41) is 7.49. The second-order valence-electron chi connectivity index (χ2n) is 9.36. The Bertz CT molecular complexity index is 1050. The molecule has 9 nitrogen and oxygen atoms in total. The van der Waals surface area contributed by atoms with Gasteiger partial charge in [-0.2, -0.15) is 5.10 Å². The quantitative estimate of drug-likeness (QED) is 0.619. The van der Waals surface area contributed by atoms with Crippen LogP contribution in [-0.2, 0) is 40.8 Å². The summed E-state index contributed by atoms with van der Waals surface area (Å²) in [6.07, 6.45) is 2.70. The zero-order valence-electron chi connectivity index (χ0n) is 20.7. The van der Waals surface area contributed by atoms with E-state index in [9.17, 15) is 14.4 Å². The molecule has 3 amide bonds. The van der Waals surface area contributed by atoms with Crippen molar-refractivity contribution in [2.24, 2.45) is 7.05 Å². The molecular formula is C26H35N5O4. The number of fused-ring (bicyclic) bond motifs is 1. The monoisotopic (exact) mass is 481 g/mol. The molecule has 2 aliphatic heterocycles. The standard InChI is InChI=1S/C26H35N5O4/c1-19(8-9-20-6-4-3-5-7-20)27-23(32)10-11-24(33)31-13-12-22-21(18-31)25(28-29(22)2)26(34)30-14-16-35-17-15-30/h3-7,19H,8-18H2,1-2H3,(H,27,32)/t19-/m0/s1. The Morgan fingerprint density at radius 2 is 1.80 bits per heavy atom. The average molecular weight is 482 g/mol. The summed E-state index contributed by atoms with van der Waals surface area (Å²) < 4.78 is 7.11. The summed E-state index contributed by atoms with van der Waals surface area (Å²) in [7, 11) is 1.84. The molecule has 0 spiro atoms. The van der Waals surface area contributed by atoms with Crippen molar-refractivity contribution >= 4 is 17.7 Å². The largest absolute Gasteiger partial charge is 0.378 e. The van der Waals surface area contributed by atoms with Gasteiger partial charge < -0.3 is 19.9 Å². The van der Waals surface area contributed by atoms with Crippen molar-refractivity contribution in [1.82, 2.24) is 24.9 Å². The summed E-state index contributed by atoms with van der Waals surface area (Å²) >= 11 is 0. The lowest BCUT2D eigenvalue weighted by Gasteiger charge is -2.29. The average Bonchev–Trinajstić information content (AvgIpc) is 3.22. The van der Waals surface area contributed by atoms with E-state index in [1.165, 1.54) is 5.56 Å². The number of hydrogen-bond donors (Lipinski definition) is 1. The van der Waals surface area contributed by atoms with Gasteiger partial charge in [0, 0.05) is 69.8 Å². The van der Waals surface area contributed by atoms with Crippen molar-refractivity contribution in [2.75, 3.05) is 32.8 Å². The molecule has 2 aliphatic rings. The van der Waals surface area contributed by atoms with Crippen molar-refractivity contribution in [2.45, 2.75) is 51.6 Å². The van der Waals surface area contributed by atoms with E-state index in [1.807, 2.05) is 32.2 Å². The number of hydrogen-bond acceptors (Lipinski definition) is 5. The number of nitrogens with zero attached hydrogens (tertiary/aromatic N) is 4. The van der Waals surface area contributed by atoms with Crippen LogP contribution in [0.1, 0.15) is 53.5 Å². The number of benzene rings is 1. The predicted octanol–water partition coefficient (Wildman–Crippen LogP) is 1.69. The summed E-state index contributed by atoms with van der Waals surface area (Å²) in [5.74, 6) is -0.291. The molecule has 1 fully saturated rings. The first-order chi connectivity index (χ1) is 16.9. The minimum atomic E-state index is -0.110. The van der Waals surface area contributed by atoms with E-state index in [0.717, 1.165) is 24.1 Å². The number of rotatable bonds is 8. The molecule has 3 heterocycles. The highest BCUT2D eigenvalue weighted by Crippen LogP contribution is 2.24. The Morgan fingerprint density at radius 1 is 1.06 bits per heavy atom. The summed E-state index contributed by atoms with van der Waals surface area (Å²) in [6, 6.07) is 10.2. The van der Waals surface area contributed by atoms with Crippen LogP contribution in [0.15, 0.2) is 30.3 Å². The van der Waals surface area contributed by atoms with Crippen LogP contribution in [0.4, 0.5) is 0 Å². The van der Waals surface area contributed by atoms with Gasteiger partial charge in [0.2, 0.25) is 11.8 Å². The van der Waals surface area contributed by atoms with Crippen molar-refractivity contribution < 1.29 is 19.1 Å². The zero-order valence-corrected chi connectivity index (χ0v) is 20.7. The van der Waals surface area contributed by atoms with Gasteiger partial charge in [0.25, 0.3) is 5.91 Å². The molecule has 0 unspecified atom stereocenters. The molecule has 0 aliphatic carbocycles. The van der Waals surface area contributed by atoms with E-state index in [-0.39, 0.29) is 36.6 Å². The first-order valence-electron chi connectivity index (χ1n) is 12.4. The Hall–Kier alpha value is -3.20. The normalized spacial score (nSPS) is 16.5. The number of carbonyl (C=O) groups excluding carboxylic acids is 3. The lowest BCUT2D eigenvalue weighted by Crippen LogP contribution is -2.42. The highest BCUT2D eigenvalue weighted by atomic mass is 16.5. The van der Waals surface area contributed by atoms with Crippen LogP contribution in [0.3, 0.4) is 0 Å². The van der Waals surface area contributed by atoms with Crippen LogP contribution in [0, 0.1) is 0 Å². The number of aromatic nitrogens is 2. The van der Waals surface area contributed by atoms with Gasteiger partial charge in [-0.15, -0.1) is 0 Å². The highest BCUT2D eigenvalue weighted by molar-refractivity contribution is 5.94. The minimum Gasteiger partial charge on any atom is -0.378 e. The van der Waals surface area contributed by atoms with Crippen molar-refractivity contribution in [3.05, 3.63) is 52.8 Å². The molecule has 0 radical (unpaired) electrons. The number of carbonyl (C=O) groups is 3. The third-order valence-electron chi connectivity index (χ3n) is 6.78. The summed E-state index contributed by atoms with van der Waals surface area (Å²) in [4.78, 5) is 41.9. The molecule has 1 N–H and O–H groups in total. The molecule has 188 valence electrons. The van der Waals surface area contributed by atoms with E-state index >= 15 is 0 Å². The van der Waals surface area contributed by atoms with Crippen molar-refractivity contribution in [1.29, 1.82) is 0 Å². The maximum atomic E-state index is 13.1. The molecule has 4 rings (SSSR count). The molecule has 9 heteroatoms. The van der Waals surface area contributed by atoms with Crippen LogP contribution in [0.2, 0.25) is 0 Å². The summed E-state index contributed by atoms with van der Waals surface area (Å²) in [5.41, 5.74) is 3.49. The van der Waals surface area contributed by atoms with E-state index in [2.05, 4.69) is 22.5 Å². The molecule has 0 saturated carbocycles. The molecule has 1 atom stereocenters. The predicted molar refractivity (Wildman–Crippen MR) is 131 cm³/mol. The topological polar surface area (TPSA) is 96.8 Å². The van der Waals surface area contributed by atoms with Gasteiger partial charge >= 0.3 is 0 Å². The first kappa shape index (κ1) is 24.9.